The predicted molar refractivity (Wildman–Crippen MR) is 120 cm³/mol. The minimum atomic E-state index is -4.65. The zero-order valence-electron chi connectivity index (χ0n) is 16.4. The smallest absolute Gasteiger partial charge is 0.321 e. The first kappa shape index (κ1) is 23.0. The van der Waals surface area contributed by atoms with Crippen LogP contribution in [0.5, 0.6) is 0 Å². The molecular formula is C22H17Br2F3N2O3. The van der Waals surface area contributed by atoms with Gasteiger partial charge in [-0.25, -0.2) is 4.90 Å². The van der Waals surface area contributed by atoms with Gasteiger partial charge in [0.15, 0.2) is 0 Å². The van der Waals surface area contributed by atoms with E-state index in [9.17, 15) is 27.6 Å². The van der Waals surface area contributed by atoms with E-state index in [2.05, 4.69) is 37.2 Å². The first-order valence-electron chi connectivity index (χ1n) is 9.82. The maximum atomic E-state index is 13.3. The number of halogens is 5. The molecule has 4 rings (SSSR count). The summed E-state index contributed by atoms with van der Waals surface area (Å²) in [5.74, 6) is -2.67. The van der Waals surface area contributed by atoms with Crippen LogP contribution in [0.4, 0.5) is 24.5 Å². The van der Waals surface area contributed by atoms with Crippen molar-refractivity contribution in [2.24, 2.45) is 11.8 Å². The van der Waals surface area contributed by atoms with Crippen LogP contribution in [0.1, 0.15) is 28.8 Å². The van der Waals surface area contributed by atoms with Crippen molar-refractivity contribution in [2.45, 2.75) is 28.7 Å². The molecule has 1 N–H and O–H groups in total. The van der Waals surface area contributed by atoms with E-state index in [1.807, 2.05) is 0 Å². The van der Waals surface area contributed by atoms with Crippen molar-refractivity contribution >= 4 is 61.0 Å². The summed E-state index contributed by atoms with van der Waals surface area (Å²) in [6, 6.07) is 10.5. The molecular weight excluding hydrogens is 557 g/mol. The molecule has 1 saturated carbocycles. The van der Waals surface area contributed by atoms with Gasteiger partial charge in [-0.1, -0.05) is 56.1 Å². The molecule has 2 aromatic carbocycles. The summed E-state index contributed by atoms with van der Waals surface area (Å²) in [5, 5.41) is 2.28. The molecule has 0 unspecified atom stereocenters. The number of anilines is 2. The average molecular weight is 574 g/mol. The minimum absolute atomic E-state index is 0.0258. The van der Waals surface area contributed by atoms with Gasteiger partial charge in [-0.15, -0.1) is 0 Å². The highest BCUT2D eigenvalue weighted by Crippen LogP contribution is 2.45. The first-order valence-corrected chi connectivity index (χ1v) is 11.6. The molecule has 1 aliphatic carbocycles. The summed E-state index contributed by atoms with van der Waals surface area (Å²) < 4.78 is 39.9. The summed E-state index contributed by atoms with van der Waals surface area (Å²) in [6.07, 6.45) is -3.72. The van der Waals surface area contributed by atoms with Gasteiger partial charge < -0.3 is 5.32 Å². The Morgan fingerprint density at radius 3 is 2.03 bits per heavy atom. The number of benzene rings is 2. The number of hydrogen-bond acceptors (Lipinski definition) is 3. The monoisotopic (exact) mass is 572 g/mol. The number of nitrogens with zero attached hydrogens (tertiary/aromatic N) is 1. The molecule has 32 heavy (non-hydrogen) atoms. The Balaban J connectivity index is 1.67. The summed E-state index contributed by atoms with van der Waals surface area (Å²) in [4.78, 5) is 40.2. The normalized spacial score (nSPS) is 25.6. The fourth-order valence-electron chi connectivity index (χ4n) is 4.22. The van der Waals surface area contributed by atoms with Crippen molar-refractivity contribution in [2.75, 3.05) is 10.2 Å². The van der Waals surface area contributed by atoms with Crippen LogP contribution < -0.4 is 10.2 Å². The number of carbonyl (C=O) groups excluding carboxylic acids is 3. The maximum Gasteiger partial charge on any atom is 0.418 e. The number of amides is 3. The second-order valence-corrected chi connectivity index (χ2v) is 10.1. The Bertz CT molecular complexity index is 1060. The molecule has 0 bridgehead atoms. The zero-order valence-corrected chi connectivity index (χ0v) is 19.6. The van der Waals surface area contributed by atoms with Crippen molar-refractivity contribution in [3.8, 4) is 0 Å². The molecule has 10 heteroatoms. The number of imide groups is 1. The average Bonchev–Trinajstić information content (AvgIpc) is 2.97. The van der Waals surface area contributed by atoms with Crippen LogP contribution in [0.15, 0.2) is 48.5 Å². The van der Waals surface area contributed by atoms with Crippen molar-refractivity contribution in [3.63, 3.8) is 0 Å². The third kappa shape index (κ3) is 4.10. The molecule has 5 nitrogen and oxygen atoms in total. The van der Waals surface area contributed by atoms with Gasteiger partial charge in [-0.2, -0.15) is 13.2 Å². The number of nitrogens with one attached hydrogen (secondary N) is 1. The molecule has 3 amide bonds. The Hall–Kier alpha value is -2.20. The van der Waals surface area contributed by atoms with Crippen molar-refractivity contribution in [1.82, 2.24) is 0 Å². The number of carbonyl (C=O) groups is 3. The lowest BCUT2D eigenvalue weighted by Gasteiger charge is -2.29. The van der Waals surface area contributed by atoms with E-state index in [4.69, 9.17) is 0 Å². The van der Waals surface area contributed by atoms with Gasteiger partial charge in [0.2, 0.25) is 11.8 Å². The summed E-state index contributed by atoms with van der Waals surface area (Å²) in [5.41, 5.74) is -1.39. The Morgan fingerprint density at radius 2 is 1.44 bits per heavy atom. The van der Waals surface area contributed by atoms with Crippen LogP contribution >= 0.6 is 31.9 Å². The standard InChI is InChI=1S/C22H17Br2F3N2O3/c23-15-9-12-13(10-16(15)24)21(32)29(20(12)31)18-8-4-1-5-11(18)19(30)28-17-7-3-2-6-14(17)22(25,26)27/h1-8,12-13,15-16H,9-10H2,(H,28,30)/t12-,13+,15-,16-/m0/s1. The number of hydrogen-bond donors (Lipinski definition) is 1. The van der Waals surface area contributed by atoms with E-state index < -0.39 is 47.0 Å². The van der Waals surface area contributed by atoms with E-state index in [1.54, 1.807) is 6.07 Å². The summed E-state index contributed by atoms with van der Waals surface area (Å²) in [7, 11) is 0. The van der Waals surface area contributed by atoms with Crippen LogP contribution in [-0.2, 0) is 15.8 Å². The van der Waals surface area contributed by atoms with Gasteiger partial charge in [0, 0.05) is 9.65 Å². The van der Waals surface area contributed by atoms with E-state index in [0.29, 0.717) is 12.8 Å². The summed E-state index contributed by atoms with van der Waals surface area (Å²) in [6.45, 7) is 0. The van der Waals surface area contributed by atoms with Crippen LogP contribution in [0, 0.1) is 11.8 Å². The molecule has 1 aliphatic heterocycles. The number of rotatable bonds is 3. The molecule has 2 aliphatic rings. The lowest BCUT2D eigenvalue weighted by Crippen LogP contribution is -2.34. The maximum absolute atomic E-state index is 13.3. The van der Waals surface area contributed by atoms with Gasteiger partial charge in [0.25, 0.3) is 5.91 Å². The fourth-order valence-corrected chi connectivity index (χ4v) is 5.46. The second-order valence-electron chi connectivity index (χ2n) is 7.74. The topological polar surface area (TPSA) is 66.5 Å². The Morgan fingerprint density at radius 1 is 0.906 bits per heavy atom. The van der Waals surface area contributed by atoms with Gasteiger partial charge in [0.1, 0.15) is 0 Å². The lowest BCUT2D eigenvalue weighted by atomic mass is 9.81. The van der Waals surface area contributed by atoms with E-state index in [0.717, 1.165) is 17.0 Å². The minimum Gasteiger partial charge on any atom is -0.321 e. The van der Waals surface area contributed by atoms with Crippen LogP contribution in [0.25, 0.3) is 0 Å². The van der Waals surface area contributed by atoms with Gasteiger partial charge in [0.05, 0.1) is 34.3 Å². The lowest BCUT2D eigenvalue weighted by molar-refractivity contribution is -0.137. The Kier molecular flexibility index (Phi) is 6.19. The van der Waals surface area contributed by atoms with E-state index in [1.165, 1.54) is 30.3 Å². The molecule has 0 aromatic heterocycles. The molecule has 0 spiro atoms. The van der Waals surface area contributed by atoms with Crippen molar-refractivity contribution in [3.05, 3.63) is 59.7 Å². The first-order chi connectivity index (χ1) is 15.1. The van der Waals surface area contributed by atoms with Crippen molar-refractivity contribution < 1.29 is 27.6 Å². The zero-order chi connectivity index (χ0) is 23.2. The predicted octanol–water partition coefficient (Wildman–Crippen LogP) is 5.38. The largest absolute Gasteiger partial charge is 0.418 e. The van der Waals surface area contributed by atoms with Gasteiger partial charge in [-0.3, -0.25) is 14.4 Å². The van der Waals surface area contributed by atoms with Crippen LogP contribution in [0.3, 0.4) is 0 Å². The van der Waals surface area contributed by atoms with E-state index >= 15 is 0 Å². The Labute approximate surface area is 198 Å². The number of alkyl halides is 5. The third-order valence-corrected chi connectivity index (χ3v) is 8.52. The van der Waals surface area contributed by atoms with Crippen LogP contribution in [0.2, 0.25) is 0 Å². The van der Waals surface area contributed by atoms with Gasteiger partial charge >= 0.3 is 6.18 Å². The highest BCUT2D eigenvalue weighted by molar-refractivity contribution is 9.12. The van der Waals surface area contributed by atoms with Gasteiger partial charge in [-0.05, 0) is 37.1 Å². The molecule has 2 fully saturated rings. The molecule has 0 radical (unpaired) electrons. The number of para-hydroxylation sites is 2. The molecule has 2 aromatic rings. The number of fused-ring (bicyclic) bond motifs is 1. The third-order valence-electron chi connectivity index (χ3n) is 5.78. The second kappa shape index (κ2) is 8.62. The molecule has 4 atom stereocenters. The highest BCUT2D eigenvalue weighted by Gasteiger charge is 2.52. The quantitative estimate of drug-likeness (QED) is 0.396. The molecule has 1 saturated heterocycles. The molecule has 1 heterocycles. The fraction of sp³-hybridized carbons (Fsp3) is 0.318. The summed E-state index contributed by atoms with van der Waals surface area (Å²) >= 11 is 7.05. The van der Waals surface area contributed by atoms with Crippen molar-refractivity contribution in [1.29, 1.82) is 0 Å². The molecule has 168 valence electrons. The van der Waals surface area contributed by atoms with Crippen LogP contribution in [-0.4, -0.2) is 27.4 Å². The van der Waals surface area contributed by atoms with E-state index in [-0.39, 0.29) is 20.9 Å². The highest BCUT2D eigenvalue weighted by atomic mass is 79.9. The SMILES string of the molecule is O=C(Nc1ccccc1C(F)(F)F)c1ccccc1N1C(=O)[C@H]2C[C@H](Br)[C@@H](Br)C[C@H]2C1=O.